The first kappa shape index (κ1) is 18.1. The van der Waals surface area contributed by atoms with E-state index in [1.807, 2.05) is 0 Å². The van der Waals surface area contributed by atoms with Gasteiger partial charge in [0.15, 0.2) is 0 Å². The molecular formula is C18H18FN3O3. The number of amides is 2. The first-order valence-corrected chi connectivity index (χ1v) is 7.57. The van der Waals surface area contributed by atoms with E-state index in [9.17, 15) is 19.1 Å². The highest BCUT2D eigenvalue weighted by Crippen LogP contribution is 2.09. The summed E-state index contributed by atoms with van der Waals surface area (Å²) in [6.45, 7) is 1.90. The van der Waals surface area contributed by atoms with Gasteiger partial charge in [-0.3, -0.25) is 9.59 Å². The fourth-order valence-electron chi connectivity index (χ4n) is 1.96. The van der Waals surface area contributed by atoms with Gasteiger partial charge in [-0.2, -0.15) is 5.10 Å². The number of nitrogens with one attached hydrogen (secondary N) is 2. The lowest BCUT2D eigenvalue weighted by molar-refractivity contribution is -0.120. The van der Waals surface area contributed by atoms with E-state index >= 15 is 0 Å². The Morgan fingerprint density at radius 2 is 1.72 bits per heavy atom. The summed E-state index contributed by atoms with van der Waals surface area (Å²) in [6, 6.07) is 11.6. The van der Waals surface area contributed by atoms with E-state index in [2.05, 4.69) is 15.8 Å². The number of halogens is 1. The van der Waals surface area contributed by atoms with Crippen molar-refractivity contribution in [3.63, 3.8) is 0 Å². The number of carbonyl (C=O) groups is 2. The quantitative estimate of drug-likeness (QED) is 0.555. The average Bonchev–Trinajstić information content (AvgIpc) is 2.60. The Labute approximate surface area is 144 Å². The van der Waals surface area contributed by atoms with Crippen LogP contribution >= 0.6 is 0 Å². The number of phenols is 1. The summed E-state index contributed by atoms with van der Waals surface area (Å²) in [4.78, 5) is 23.7. The second-order valence-corrected chi connectivity index (χ2v) is 5.41. The van der Waals surface area contributed by atoms with Gasteiger partial charge < -0.3 is 10.4 Å². The number of hydrogen-bond donors (Lipinski definition) is 3. The number of rotatable bonds is 6. The molecule has 3 N–H and O–H groups in total. The fourth-order valence-corrected chi connectivity index (χ4v) is 1.96. The van der Waals surface area contributed by atoms with Gasteiger partial charge in [-0.15, -0.1) is 0 Å². The molecule has 0 radical (unpaired) electrons. The average molecular weight is 343 g/mol. The van der Waals surface area contributed by atoms with Crippen molar-refractivity contribution in [2.24, 2.45) is 5.10 Å². The van der Waals surface area contributed by atoms with Crippen molar-refractivity contribution in [1.82, 2.24) is 10.7 Å². The Morgan fingerprint density at radius 1 is 1.08 bits per heavy atom. The molecule has 0 unspecified atom stereocenters. The molecule has 0 atom stereocenters. The molecule has 0 heterocycles. The van der Waals surface area contributed by atoms with Crippen LogP contribution in [0.25, 0.3) is 0 Å². The van der Waals surface area contributed by atoms with E-state index in [4.69, 9.17) is 0 Å². The van der Waals surface area contributed by atoms with E-state index < -0.39 is 5.91 Å². The third-order valence-electron chi connectivity index (χ3n) is 3.30. The molecule has 0 bridgehead atoms. The molecule has 130 valence electrons. The molecule has 25 heavy (non-hydrogen) atoms. The lowest BCUT2D eigenvalue weighted by Gasteiger charge is -2.06. The summed E-state index contributed by atoms with van der Waals surface area (Å²) in [5.41, 5.74) is 3.91. The van der Waals surface area contributed by atoms with Crippen LogP contribution in [0.4, 0.5) is 4.39 Å². The highest BCUT2D eigenvalue weighted by atomic mass is 19.1. The van der Waals surface area contributed by atoms with Gasteiger partial charge >= 0.3 is 0 Å². The predicted octanol–water partition coefficient (Wildman–Crippen LogP) is 2.34. The lowest BCUT2D eigenvalue weighted by Crippen LogP contribution is -2.26. The van der Waals surface area contributed by atoms with Crippen LogP contribution in [0.3, 0.4) is 0 Å². The second-order valence-electron chi connectivity index (χ2n) is 5.41. The zero-order valence-electron chi connectivity index (χ0n) is 13.6. The van der Waals surface area contributed by atoms with Crippen LogP contribution in [-0.4, -0.2) is 22.6 Å². The number of carbonyl (C=O) groups excluding carboxylic acids is 2. The Kier molecular flexibility index (Phi) is 6.22. The summed E-state index contributed by atoms with van der Waals surface area (Å²) in [5, 5.41) is 15.7. The molecule has 2 aromatic rings. The van der Waals surface area contributed by atoms with Crippen molar-refractivity contribution >= 4 is 17.5 Å². The molecule has 2 rings (SSSR count). The first-order chi connectivity index (χ1) is 11.9. The van der Waals surface area contributed by atoms with Crippen LogP contribution in [0.15, 0.2) is 53.6 Å². The predicted molar refractivity (Wildman–Crippen MR) is 91.5 cm³/mol. The number of aromatic hydroxyl groups is 1. The molecule has 7 heteroatoms. The van der Waals surface area contributed by atoms with Gasteiger partial charge in [0.25, 0.3) is 5.91 Å². The SMILES string of the molecule is C/C(CC(=O)NCc1ccc(F)cc1)=N\NC(=O)c1ccc(O)cc1. The lowest BCUT2D eigenvalue weighted by atomic mass is 10.2. The molecule has 0 spiro atoms. The maximum absolute atomic E-state index is 12.8. The highest BCUT2D eigenvalue weighted by Gasteiger charge is 2.07. The van der Waals surface area contributed by atoms with Gasteiger partial charge in [0, 0.05) is 17.8 Å². The maximum Gasteiger partial charge on any atom is 0.271 e. The smallest absolute Gasteiger partial charge is 0.271 e. The molecule has 0 saturated carbocycles. The summed E-state index contributed by atoms with van der Waals surface area (Å²) >= 11 is 0. The second kappa shape index (κ2) is 8.58. The summed E-state index contributed by atoms with van der Waals surface area (Å²) in [5.74, 6) is -0.966. The minimum Gasteiger partial charge on any atom is -0.508 e. The van der Waals surface area contributed by atoms with Gasteiger partial charge in [-0.25, -0.2) is 9.82 Å². The Balaban J connectivity index is 1.79. The minimum absolute atomic E-state index is 0.0249. The molecule has 0 aliphatic rings. The van der Waals surface area contributed by atoms with Crippen molar-refractivity contribution in [2.45, 2.75) is 19.9 Å². The van der Waals surface area contributed by atoms with E-state index in [1.165, 1.54) is 36.4 Å². The molecule has 2 aromatic carbocycles. The summed E-state index contributed by atoms with van der Waals surface area (Å²) < 4.78 is 12.8. The zero-order valence-corrected chi connectivity index (χ0v) is 13.6. The minimum atomic E-state index is -0.439. The Hall–Kier alpha value is -3.22. The van der Waals surface area contributed by atoms with Crippen LogP contribution in [-0.2, 0) is 11.3 Å². The van der Waals surface area contributed by atoms with Crippen LogP contribution in [0, 0.1) is 5.82 Å². The molecule has 0 aliphatic carbocycles. The van der Waals surface area contributed by atoms with Gasteiger partial charge in [0.05, 0.1) is 6.42 Å². The first-order valence-electron chi connectivity index (χ1n) is 7.57. The van der Waals surface area contributed by atoms with Crippen molar-refractivity contribution in [1.29, 1.82) is 0 Å². The van der Waals surface area contributed by atoms with Gasteiger partial charge in [-0.05, 0) is 48.9 Å². The standard InChI is InChI=1S/C18H18FN3O3/c1-12(21-22-18(25)14-4-8-16(23)9-5-14)10-17(24)20-11-13-2-6-15(19)7-3-13/h2-9,23H,10-11H2,1H3,(H,20,24)(H,22,25)/b21-12+. The van der Waals surface area contributed by atoms with E-state index in [-0.39, 0.29) is 30.4 Å². The molecular weight excluding hydrogens is 325 g/mol. The topological polar surface area (TPSA) is 90.8 Å². The largest absolute Gasteiger partial charge is 0.508 e. The molecule has 0 saturated heterocycles. The van der Waals surface area contributed by atoms with Crippen molar-refractivity contribution in [3.8, 4) is 5.75 Å². The maximum atomic E-state index is 12.8. The molecule has 2 amide bonds. The Morgan fingerprint density at radius 3 is 2.36 bits per heavy atom. The van der Waals surface area contributed by atoms with Crippen LogP contribution in [0.5, 0.6) is 5.75 Å². The summed E-state index contributed by atoms with van der Waals surface area (Å²) in [7, 11) is 0. The monoisotopic (exact) mass is 343 g/mol. The summed E-state index contributed by atoms with van der Waals surface area (Å²) in [6.07, 6.45) is 0.0249. The Bertz CT molecular complexity index is 771. The van der Waals surface area contributed by atoms with E-state index in [0.717, 1.165) is 5.56 Å². The van der Waals surface area contributed by atoms with E-state index in [0.29, 0.717) is 11.3 Å². The van der Waals surface area contributed by atoms with E-state index in [1.54, 1.807) is 19.1 Å². The number of hydrogen-bond acceptors (Lipinski definition) is 4. The fraction of sp³-hybridized carbons (Fsp3) is 0.167. The van der Waals surface area contributed by atoms with Gasteiger partial charge in [0.2, 0.25) is 5.91 Å². The third-order valence-corrected chi connectivity index (χ3v) is 3.30. The highest BCUT2D eigenvalue weighted by molar-refractivity contribution is 6.01. The number of phenolic OH excluding ortho intramolecular Hbond substituents is 1. The van der Waals surface area contributed by atoms with Crippen molar-refractivity contribution in [3.05, 3.63) is 65.5 Å². The van der Waals surface area contributed by atoms with Gasteiger partial charge in [0.1, 0.15) is 11.6 Å². The van der Waals surface area contributed by atoms with Crippen molar-refractivity contribution < 1.29 is 19.1 Å². The third kappa shape index (κ3) is 6.06. The van der Waals surface area contributed by atoms with Crippen LogP contribution in [0.1, 0.15) is 29.3 Å². The number of hydrazone groups is 1. The number of benzene rings is 2. The molecule has 0 aromatic heterocycles. The molecule has 0 aliphatic heterocycles. The molecule has 0 fully saturated rings. The number of nitrogens with zero attached hydrogens (tertiary/aromatic N) is 1. The normalized spacial score (nSPS) is 11.0. The zero-order chi connectivity index (χ0) is 18.2. The van der Waals surface area contributed by atoms with Gasteiger partial charge in [-0.1, -0.05) is 12.1 Å². The van der Waals surface area contributed by atoms with Crippen LogP contribution < -0.4 is 10.7 Å². The molecule has 6 nitrogen and oxygen atoms in total. The van der Waals surface area contributed by atoms with Crippen LogP contribution in [0.2, 0.25) is 0 Å². The van der Waals surface area contributed by atoms with Crippen molar-refractivity contribution in [2.75, 3.05) is 0 Å².